The van der Waals surface area contributed by atoms with Crippen molar-refractivity contribution in [3.63, 3.8) is 0 Å². The summed E-state index contributed by atoms with van der Waals surface area (Å²) in [4.78, 5) is 28.6. The lowest BCUT2D eigenvalue weighted by Crippen LogP contribution is -3.14. The van der Waals surface area contributed by atoms with Crippen LogP contribution in [0.2, 0.25) is 0 Å². The fourth-order valence-corrected chi connectivity index (χ4v) is 4.36. The van der Waals surface area contributed by atoms with E-state index in [-0.39, 0.29) is 11.8 Å². The van der Waals surface area contributed by atoms with Crippen LogP contribution in [0.5, 0.6) is 0 Å². The molecule has 0 unspecified atom stereocenters. The Morgan fingerprint density at radius 3 is 2.64 bits per heavy atom. The Bertz CT molecular complexity index is 631. The minimum Gasteiger partial charge on any atom is -0.370 e. The van der Waals surface area contributed by atoms with Crippen LogP contribution in [0.3, 0.4) is 0 Å². The van der Waals surface area contributed by atoms with Crippen LogP contribution in [0.25, 0.3) is 0 Å². The summed E-state index contributed by atoms with van der Waals surface area (Å²) >= 11 is 0. The number of likely N-dealkylation sites (tertiary alicyclic amines) is 1. The molecule has 2 aliphatic heterocycles. The van der Waals surface area contributed by atoms with Crippen molar-refractivity contribution in [1.29, 1.82) is 0 Å². The fourth-order valence-electron chi connectivity index (χ4n) is 4.36. The first kappa shape index (κ1) is 20.8. The number of morpholine rings is 1. The van der Waals surface area contributed by atoms with E-state index in [1.165, 1.54) is 4.90 Å². The van der Waals surface area contributed by atoms with Gasteiger partial charge in [0.05, 0.1) is 26.3 Å². The second kappa shape index (κ2) is 10.6. The molecule has 2 N–H and O–H groups in total. The molecule has 0 saturated carbocycles. The molecule has 0 bridgehead atoms. The molecular weight excluding hydrogens is 354 g/mol. The maximum absolute atomic E-state index is 12.7. The topological polar surface area (TPSA) is 63.1 Å². The third-order valence-electron chi connectivity index (χ3n) is 6.17. The van der Waals surface area contributed by atoms with E-state index in [1.54, 1.807) is 0 Å². The SMILES string of the molecule is CC[C@H]1CN(C(=O)c2ccccc2)CC[C@H]1CC(=O)NCC[NH+]1CCOCC1. The van der Waals surface area contributed by atoms with E-state index >= 15 is 0 Å². The molecule has 28 heavy (non-hydrogen) atoms. The van der Waals surface area contributed by atoms with Crippen molar-refractivity contribution in [2.45, 2.75) is 26.2 Å². The Hall–Kier alpha value is -1.92. The number of hydrogen-bond acceptors (Lipinski definition) is 3. The van der Waals surface area contributed by atoms with Gasteiger partial charge in [-0.25, -0.2) is 0 Å². The third-order valence-corrected chi connectivity index (χ3v) is 6.17. The first-order valence-electron chi connectivity index (χ1n) is 10.7. The number of carbonyl (C=O) groups excluding carboxylic acids is 2. The predicted octanol–water partition coefficient (Wildman–Crippen LogP) is 0.596. The number of amides is 2. The van der Waals surface area contributed by atoms with Crippen molar-refractivity contribution in [3.8, 4) is 0 Å². The number of benzene rings is 1. The summed E-state index contributed by atoms with van der Waals surface area (Å²) in [6.07, 6.45) is 2.47. The van der Waals surface area contributed by atoms with Crippen LogP contribution in [0, 0.1) is 11.8 Å². The molecule has 2 aliphatic rings. The first-order chi connectivity index (χ1) is 13.7. The maximum Gasteiger partial charge on any atom is 0.253 e. The quantitative estimate of drug-likeness (QED) is 0.719. The molecule has 3 rings (SSSR count). The van der Waals surface area contributed by atoms with Crippen molar-refractivity contribution in [1.82, 2.24) is 10.2 Å². The van der Waals surface area contributed by atoms with Crippen LogP contribution in [0.15, 0.2) is 30.3 Å². The Morgan fingerprint density at radius 2 is 1.93 bits per heavy atom. The standard InChI is InChI=1S/C22H33N3O3/c1-2-18-17-25(22(27)19-6-4-3-5-7-19)10-8-20(18)16-21(26)23-9-11-24-12-14-28-15-13-24/h3-7,18,20H,2,8-17H2,1H3,(H,23,26)/p+1/t18-,20-/m0/s1. The molecule has 0 radical (unpaired) electrons. The number of hydrogen-bond donors (Lipinski definition) is 2. The van der Waals surface area contributed by atoms with Gasteiger partial charge in [-0.15, -0.1) is 0 Å². The Balaban J connectivity index is 1.43. The molecule has 2 heterocycles. The van der Waals surface area contributed by atoms with Crippen LogP contribution in [-0.2, 0) is 9.53 Å². The number of carbonyl (C=O) groups is 2. The minimum absolute atomic E-state index is 0.107. The van der Waals surface area contributed by atoms with Crippen molar-refractivity contribution in [2.24, 2.45) is 11.8 Å². The number of nitrogens with zero attached hydrogens (tertiary/aromatic N) is 1. The zero-order valence-corrected chi connectivity index (χ0v) is 17.0. The highest BCUT2D eigenvalue weighted by Gasteiger charge is 2.32. The summed E-state index contributed by atoms with van der Waals surface area (Å²) < 4.78 is 5.37. The molecule has 2 amide bonds. The number of piperidine rings is 1. The summed E-state index contributed by atoms with van der Waals surface area (Å²) in [6, 6.07) is 9.48. The van der Waals surface area contributed by atoms with Gasteiger partial charge in [0.1, 0.15) is 13.1 Å². The molecule has 1 aromatic carbocycles. The first-order valence-corrected chi connectivity index (χ1v) is 10.7. The summed E-state index contributed by atoms with van der Waals surface area (Å²) in [7, 11) is 0. The van der Waals surface area contributed by atoms with Crippen LogP contribution in [0.4, 0.5) is 0 Å². The largest absolute Gasteiger partial charge is 0.370 e. The lowest BCUT2D eigenvalue weighted by Gasteiger charge is -2.38. The third kappa shape index (κ3) is 5.79. The van der Waals surface area contributed by atoms with E-state index < -0.39 is 0 Å². The smallest absolute Gasteiger partial charge is 0.253 e. The van der Waals surface area contributed by atoms with E-state index in [0.717, 1.165) is 70.9 Å². The lowest BCUT2D eigenvalue weighted by atomic mass is 9.81. The summed E-state index contributed by atoms with van der Waals surface area (Å²) in [6.45, 7) is 9.05. The van der Waals surface area contributed by atoms with Gasteiger partial charge in [-0.1, -0.05) is 31.5 Å². The number of nitrogens with one attached hydrogen (secondary N) is 2. The number of ether oxygens (including phenoxy) is 1. The molecule has 6 nitrogen and oxygen atoms in total. The van der Waals surface area contributed by atoms with Gasteiger partial charge in [0.25, 0.3) is 5.91 Å². The summed E-state index contributed by atoms with van der Waals surface area (Å²) in [5.41, 5.74) is 0.749. The van der Waals surface area contributed by atoms with Gasteiger partial charge in [0, 0.05) is 25.1 Å². The lowest BCUT2D eigenvalue weighted by molar-refractivity contribution is -0.906. The summed E-state index contributed by atoms with van der Waals surface area (Å²) in [5, 5.41) is 3.10. The molecule has 1 aromatic rings. The Labute approximate surface area is 168 Å². The molecule has 0 aliphatic carbocycles. The van der Waals surface area contributed by atoms with Crippen molar-refractivity contribution in [3.05, 3.63) is 35.9 Å². The minimum atomic E-state index is 0.107. The maximum atomic E-state index is 12.7. The zero-order valence-electron chi connectivity index (χ0n) is 17.0. The highest BCUT2D eigenvalue weighted by atomic mass is 16.5. The summed E-state index contributed by atoms with van der Waals surface area (Å²) in [5.74, 6) is 1.01. The van der Waals surface area contributed by atoms with Crippen LogP contribution in [0.1, 0.15) is 36.5 Å². The average Bonchev–Trinajstić information content (AvgIpc) is 2.75. The molecule has 2 saturated heterocycles. The van der Waals surface area contributed by atoms with Gasteiger partial charge < -0.3 is 19.9 Å². The van der Waals surface area contributed by atoms with Gasteiger partial charge >= 0.3 is 0 Å². The van der Waals surface area contributed by atoms with E-state index in [4.69, 9.17) is 4.74 Å². The number of quaternary nitrogens is 1. The molecule has 0 spiro atoms. The Kier molecular flexibility index (Phi) is 7.86. The fraction of sp³-hybridized carbons (Fsp3) is 0.636. The van der Waals surface area contributed by atoms with E-state index in [0.29, 0.717) is 18.3 Å². The molecular formula is C22H34N3O3+. The average molecular weight is 389 g/mol. The molecule has 154 valence electrons. The highest BCUT2D eigenvalue weighted by molar-refractivity contribution is 5.94. The molecule has 6 heteroatoms. The second-order valence-corrected chi connectivity index (χ2v) is 8.00. The van der Waals surface area contributed by atoms with Gasteiger partial charge in [-0.05, 0) is 30.4 Å². The van der Waals surface area contributed by atoms with Crippen LogP contribution in [-0.4, -0.2) is 69.2 Å². The highest BCUT2D eigenvalue weighted by Crippen LogP contribution is 2.29. The second-order valence-electron chi connectivity index (χ2n) is 8.00. The normalized spacial score (nSPS) is 23.4. The zero-order chi connectivity index (χ0) is 19.8. The van der Waals surface area contributed by atoms with Crippen molar-refractivity contribution >= 4 is 11.8 Å². The van der Waals surface area contributed by atoms with Gasteiger partial charge in [0.15, 0.2) is 0 Å². The van der Waals surface area contributed by atoms with Crippen molar-refractivity contribution < 1.29 is 19.2 Å². The molecule has 2 atom stereocenters. The van der Waals surface area contributed by atoms with Gasteiger partial charge in [-0.3, -0.25) is 9.59 Å². The van der Waals surface area contributed by atoms with Crippen LogP contribution < -0.4 is 10.2 Å². The van der Waals surface area contributed by atoms with E-state index in [9.17, 15) is 9.59 Å². The predicted molar refractivity (Wildman–Crippen MR) is 108 cm³/mol. The molecule has 2 fully saturated rings. The molecule has 0 aromatic heterocycles. The monoisotopic (exact) mass is 388 g/mol. The van der Waals surface area contributed by atoms with Gasteiger partial charge in [0.2, 0.25) is 5.91 Å². The van der Waals surface area contributed by atoms with Gasteiger partial charge in [-0.2, -0.15) is 0 Å². The van der Waals surface area contributed by atoms with Crippen LogP contribution >= 0.6 is 0 Å². The van der Waals surface area contributed by atoms with E-state index in [2.05, 4.69) is 12.2 Å². The number of rotatable bonds is 7. The van der Waals surface area contributed by atoms with Crippen molar-refractivity contribution in [2.75, 3.05) is 52.5 Å². The Morgan fingerprint density at radius 1 is 1.18 bits per heavy atom. The van der Waals surface area contributed by atoms with E-state index in [1.807, 2.05) is 35.2 Å².